The van der Waals surface area contributed by atoms with E-state index in [1.54, 1.807) is 0 Å². The summed E-state index contributed by atoms with van der Waals surface area (Å²) >= 11 is 0. The highest BCUT2D eigenvalue weighted by Crippen LogP contribution is 2.45. The van der Waals surface area contributed by atoms with Crippen LogP contribution in [-0.4, -0.2) is 95.9 Å². The number of esters is 3. The maximum atomic E-state index is 12.9. The Hall–Kier alpha value is -4.57. The van der Waals surface area contributed by atoms with E-state index in [-0.39, 0.29) is 19.3 Å². The van der Waals surface area contributed by atoms with Crippen LogP contribution >= 0.6 is 15.6 Å². The van der Waals surface area contributed by atoms with E-state index < -0.39 is 91.5 Å². The van der Waals surface area contributed by atoms with Gasteiger partial charge in [-0.1, -0.05) is 269 Å². The van der Waals surface area contributed by atoms with E-state index in [9.17, 15) is 43.5 Å². The van der Waals surface area contributed by atoms with Gasteiger partial charge >= 0.3 is 33.6 Å². The summed E-state index contributed by atoms with van der Waals surface area (Å²) in [6, 6.07) is 0. The average Bonchev–Trinajstić information content (AvgIpc) is 1.81. The number of hydrogen-bond acceptors (Lipinski definition) is 14. The van der Waals surface area contributed by atoms with Crippen LogP contribution in [0.2, 0.25) is 0 Å². The van der Waals surface area contributed by atoms with Crippen LogP contribution in [0.15, 0.2) is 146 Å². The molecule has 18 heteroatoms. The molecule has 0 radical (unpaired) electrons. The van der Waals surface area contributed by atoms with Crippen LogP contribution in [0, 0.1) is 0 Å². The Kier molecular flexibility index (Phi) is 66.0. The largest absolute Gasteiger partial charge is 0.472 e. The average molecular weight is 1370 g/mol. The van der Waals surface area contributed by atoms with Gasteiger partial charge in [0.25, 0.3) is 0 Å². The number of aliphatic hydroxyl groups is 2. The molecule has 0 amide bonds. The fourth-order valence-corrected chi connectivity index (χ4v) is 10.7. The van der Waals surface area contributed by atoms with Gasteiger partial charge in [-0.05, 0) is 122 Å². The third-order valence-corrected chi connectivity index (χ3v) is 16.5. The van der Waals surface area contributed by atoms with Gasteiger partial charge in [0.2, 0.25) is 0 Å². The Morgan fingerprint density at radius 1 is 0.305 bits per heavy atom. The number of allylic oxidation sites excluding steroid dienone is 24. The first-order chi connectivity index (χ1) is 46.2. The minimum atomic E-state index is -4.94. The molecule has 16 nitrogen and oxygen atoms in total. The molecule has 0 aromatic rings. The van der Waals surface area contributed by atoms with Crippen LogP contribution in [0.3, 0.4) is 0 Å². The molecule has 542 valence electrons. The van der Waals surface area contributed by atoms with Crippen molar-refractivity contribution in [1.82, 2.24) is 0 Å². The van der Waals surface area contributed by atoms with Crippen molar-refractivity contribution in [1.29, 1.82) is 0 Å². The quantitative estimate of drug-likeness (QED) is 0.0146. The summed E-state index contributed by atoms with van der Waals surface area (Å²) in [4.78, 5) is 58.4. The van der Waals surface area contributed by atoms with Crippen LogP contribution in [0.25, 0.3) is 0 Å². The minimum absolute atomic E-state index is 0.0932. The number of carbonyl (C=O) groups is 3. The molecule has 5 atom stereocenters. The Bertz CT molecular complexity index is 2310. The topological polar surface area (TPSA) is 231 Å². The summed E-state index contributed by atoms with van der Waals surface area (Å²) in [6.45, 7) is 2.36. The van der Waals surface area contributed by atoms with Gasteiger partial charge in [-0.3, -0.25) is 32.5 Å². The van der Waals surface area contributed by atoms with E-state index in [2.05, 4.69) is 167 Å². The molecule has 0 spiro atoms. The molecule has 0 aromatic heterocycles. The number of ether oxygens (including phenoxy) is 3. The molecule has 0 bridgehead atoms. The molecule has 0 saturated heterocycles. The first kappa shape index (κ1) is 90.4. The lowest BCUT2D eigenvalue weighted by molar-refractivity contribution is -0.161. The van der Waals surface area contributed by atoms with Crippen molar-refractivity contribution < 1.29 is 75.8 Å². The third-order valence-electron chi connectivity index (χ3n) is 14.6. The summed E-state index contributed by atoms with van der Waals surface area (Å²) in [5.74, 6) is -1.64. The van der Waals surface area contributed by atoms with E-state index in [0.717, 1.165) is 154 Å². The Morgan fingerprint density at radius 3 is 0.905 bits per heavy atom. The molecular weight excluding hydrogens is 1240 g/mol. The number of phosphoric acid groups is 2. The van der Waals surface area contributed by atoms with E-state index in [1.165, 1.54) is 51.4 Å². The minimum Gasteiger partial charge on any atom is -0.463 e. The van der Waals surface area contributed by atoms with Crippen molar-refractivity contribution in [3.63, 3.8) is 0 Å². The van der Waals surface area contributed by atoms with Gasteiger partial charge in [0.05, 0.1) is 26.4 Å². The van der Waals surface area contributed by atoms with Gasteiger partial charge < -0.3 is 34.2 Å². The van der Waals surface area contributed by atoms with Crippen LogP contribution < -0.4 is 0 Å². The Morgan fingerprint density at radius 2 is 0.558 bits per heavy atom. The fourth-order valence-electron chi connectivity index (χ4n) is 9.11. The van der Waals surface area contributed by atoms with Crippen molar-refractivity contribution >= 4 is 33.6 Å². The summed E-state index contributed by atoms with van der Waals surface area (Å²) in [7, 11) is -9.80. The van der Waals surface area contributed by atoms with Crippen molar-refractivity contribution in [3.8, 4) is 0 Å². The lowest BCUT2D eigenvalue weighted by Crippen LogP contribution is -2.30. The monoisotopic (exact) mass is 1370 g/mol. The molecular formula is C77H128O16P2. The van der Waals surface area contributed by atoms with Crippen LogP contribution in [0.5, 0.6) is 0 Å². The van der Waals surface area contributed by atoms with E-state index in [1.807, 2.05) is 0 Å². The molecule has 0 aliphatic carbocycles. The molecule has 0 aliphatic rings. The predicted octanol–water partition coefficient (Wildman–Crippen LogP) is 20.5. The van der Waals surface area contributed by atoms with Crippen molar-refractivity contribution in [2.45, 2.75) is 283 Å². The number of unbranched alkanes of at least 4 members (excludes halogenated alkanes) is 20. The second kappa shape index (κ2) is 69.3. The third kappa shape index (κ3) is 70.6. The maximum Gasteiger partial charge on any atom is 0.472 e. The smallest absolute Gasteiger partial charge is 0.463 e. The van der Waals surface area contributed by atoms with Gasteiger partial charge in [-0.15, -0.1) is 0 Å². The molecule has 4 N–H and O–H groups in total. The lowest BCUT2D eigenvalue weighted by atomic mass is 10.0. The first-order valence-corrected chi connectivity index (χ1v) is 39.1. The van der Waals surface area contributed by atoms with Gasteiger partial charge in [-0.2, -0.15) is 0 Å². The lowest BCUT2D eigenvalue weighted by Gasteiger charge is -2.21. The molecule has 0 fully saturated rings. The first-order valence-electron chi connectivity index (χ1n) is 36.1. The second-order valence-electron chi connectivity index (χ2n) is 23.6. The van der Waals surface area contributed by atoms with Crippen LogP contribution in [0.1, 0.15) is 265 Å². The Balaban J connectivity index is 4.65. The zero-order valence-corrected chi connectivity index (χ0v) is 60.6. The molecule has 0 heterocycles. The van der Waals surface area contributed by atoms with Gasteiger partial charge in [0, 0.05) is 19.3 Å². The standard InChI is InChI=1S/C77H128O16P2/c1-4-7-10-13-16-19-22-25-27-29-31-33-34-35-36-38-40-41-43-46-48-51-54-57-60-63-75(80)87-66-72(78)67-89-94(83,84)90-68-73(79)69-91-95(85,86)92-71-74(93-77(82)65-62-59-56-53-50-45-24-21-18-15-12-9-6-3)70-88-76(81)64-61-58-55-52-49-47-44-42-39-37-32-30-28-26-23-20-17-14-11-8-5-2/h7-8,10-11,16-17,19-20,25-28,31-33,35-37,40-42,44,49,52,72-74,78-79H,4-6,9,12-15,18,21-24,29-30,34,38-39,43,45-48,50-51,53-71H2,1-3H3,(H,83,84)(H,85,86)/b10-7-,11-8-,19-16-,20-17-,27-25-,28-26-,33-31-,36-35-,37-32-,41-40-,44-42-,52-49-. The number of hydrogen-bond donors (Lipinski definition) is 4. The zero-order chi connectivity index (χ0) is 69.5. The van der Waals surface area contributed by atoms with Gasteiger partial charge in [-0.25, -0.2) is 9.13 Å². The molecule has 0 saturated carbocycles. The Labute approximate surface area is 575 Å². The summed E-state index contributed by atoms with van der Waals surface area (Å²) in [5, 5.41) is 20.6. The second-order valence-corrected chi connectivity index (χ2v) is 26.5. The number of aliphatic hydroxyl groups excluding tert-OH is 2. The molecule has 0 aliphatic heterocycles. The highest BCUT2D eigenvalue weighted by Gasteiger charge is 2.29. The molecule has 95 heavy (non-hydrogen) atoms. The van der Waals surface area contributed by atoms with Crippen molar-refractivity contribution in [3.05, 3.63) is 146 Å². The van der Waals surface area contributed by atoms with Crippen molar-refractivity contribution in [2.24, 2.45) is 0 Å². The molecule has 0 aromatic carbocycles. The van der Waals surface area contributed by atoms with E-state index >= 15 is 0 Å². The van der Waals surface area contributed by atoms with Gasteiger partial charge in [0.1, 0.15) is 25.4 Å². The van der Waals surface area contributed by atoms with E-state index in [0.29, 0.717) is 19.3 Å². The maximum absolute atomic E-state index is 12.9. The normalized spacial score (nSPS) is 15.0. The number of phosphoric ester groups is 2. The fraction of sp³-hybridized carbons (Fsp3) is 0.649. The SMILES string of the molecule is CC/C=C\C/C=C\C/C=C\C/C=C\C/C=C\C/C=C\CCCCCCCCC(=O)OCC(O)COP(=O)(O)OCC(O)COP(=O)(O)OCC(COC(=O)CCCC/C=C\C/C=C\C/C=C\C/C=C\C/C=C\C/C=C\CC)OC(=O)CCCCCCCCCCCCCCC. The zero-order valence-electron chi connectivity index (χ0n) is 58.8. The summed E-state index contributed by atoms with van der Waals surface area (Å²) < 4.78 is 60.9. The molecule has 0 rings (SSSR count). The highest BCUT2D eigenvalue weighted by molar-refractivity contribution is 7.47. The highest BCUT2D eigenvalue weighted by atomic mass is 31.2. The number of carbonyl (C=O) groups excluding carboxylic acids is 3. The summed E-state index contributed by atoms with van der Waals surface area (Å²) in [6.07, 6.45) is 83.3. The predicted molar refractivity (Wildman–Crippen MR) is 389 cm³/mol. The van der Waals surface area contributed by atoms with Crippen LogP contribution in [-0.2, 0) is 55.8 Å². The van der Waals surface area contributed by atoms with Crippen LogP contribution in [0.4, 0.5) is 0 Å². The molecule has 5 unspecified atom stereocenters. The van der Waals surface area contributed by atoms with E-state index in [4.69, 9.17) is 32.3 Å². The van der Waals surface area contributed by atoms with Gasteiger partial charge in [0.15, 0.2) is 6.10 Å². The van der Waals surface area contributed by atoms with Crippen molar-refractivity contribution in [2.75, 3.05) is 39.6 Å². The number of rotatable bonds is 67. The summed E-state index contributed by atoms with van der Waals surface area (Å²) in [5.41, 5.74) is 0.